The molecule has 0 bridgehead atoms. The molecule has 0 atom stereocenters. The lowest BCUT2D eigenvalue weighted by Gasteiger charge is -2.04. The number of hydrogen-bond acceptors (Lipinski definition) is 4. The van der Waals surface area contributed by atoms with Gasteiger partial charge in [-0.1, -0.05) is 30.3 Å². The highest BCUT2D eigenvalue weighted by Gasteiger charge is 2.19. The van der Waals surface area contributed by atoms with Gasteiger partial charge in [0, 0.05) is 22.8 Å². The third-order valence-electron chi connectivity index (χ3n) is 3.67. The van der Waals surface area contributed by atoms with Crippen LogP contribution in [0.2, 0.25) is 0 Å². The van der Waals surface area contributed by atoms with Crippen molar-refractivity contribution < 1.29 is 0 Å². The summed E-state index contributed by atoms with van der Waals surface area (Å²) in [6.07, 6.45) is 3.54. The predicted octanol–water partition coefficient (Wildman–Crippen LogP) is 4.02. The summed E-state index contributed by atoms with van der Waals surface area (Å²) >= 11 is 1.65. The number of rotatable bonds is 2. The van der Waals surface area contributed by atoms with Gasteiger partial charge in [0.05, 0.1) is 5.69 Å². The van der Waals surface area contributed by atoms with Crippen LogP contribution in [-0.2, 0) is 0 Å². The molecule has 22 heavy (non-hydrogen) atoms. The zero-order valence-electron chi connectivity index (χ0n) is 12.0. The van der Waals surface area contributed by atoms with E-state index < -0.39 is 0 Å². The van der Waals surface area contributed by atoms with Gasteiger partial charge in [-0.2, -0.15) is 0 Å². The Kier molecular flexibility index (Phi) is 2.94. The van der Waals surface area contributed by atoms with Crippen molar-refractivity contribution in [3.63, 3.8) is 0 Å². The number of imidazole rings is 1. The minimum absolute atomic E-state index is 0.659. The number of nitrogen functional groups attached to an aromatic ring is 1. The van der Waals surface area contributed by atoms with E-state index in [9.17, 15) is 0 Å². The van der Waals surface area contributed by atoms with Gasteiger partial charge in [0.25, 0.3) is 0 Å². The zero-order chi connectivity index (χ0) is 15.1. The maximum atomic E-state index is 6.40. The lowest BCUT2D eigenvalue weighted by molar-refractivity contribution is 1.23. The Morgan fingerprint density at radius 1 is 1.05 bits per heavy atom. The van der Waals surface area contributed by atoms with Crippen LogP contribution in [0, 0.1) is 6.92 Å². The first-order valence-corrected chi connectivity index (χ1v) is 7.80. The second kappa shape index (κ2) is 4.96. The van der Waals surface area contributed by atoms with Crippen molar-refractivity contribution >= 4 is 22.1 Å². The van der Waals surface area contributed by atoms with Crippen LogP contribution >= 0.6 is 11.3 Å². The molecule has 3 heterocycles. The first-order valence-electron chi connectivity index (χ1n) is 6.99. The Bertz CT molecular complexity index is 939. The van der Waals surface area contributed by atoms with Crippen LogP contribution in [0.4, 0.5) is 5.82 Å². The van der Waals surface area contributed by atoms with E-state index >= 15 is 0 Å². The molecule has 2 N–H and O–H groups in total. The van der Waals surface area contributed by atoms with Crippen molar-refractivity contribution in [1.82, 2.24) is 14.4 Å². The molecule has 0 unspecified atom stereocenters. The highest BCUT2D eigenvalue weighted by Crippen LogP contribution is 2.37. The molecule has 0 fully saturated rings. The van der Waals surface area contributed by atoms with E-state index in [2.05, 4.69) is 24.0 Å². The number of aryl methyl sites for hydroxylation is 1. The Morgan fingerprint density at radius 3 is 2.55 bits per heavy atom. The molecule has 0 aliphatic heterocycles. The number of fused-ring (bicyclic) bond motifs is 1. The summed E-state index contributed by atoms with van der Waals surface area (Å²) in [5.41, 5.74) is 10.4. The van der Waals surface area contributed by atoms with Crippen LogP contribution < -0.4 is 5.73 Å². The third kappa shape index (κ3) is 1.90. The van der Waals surface area contributed by atoms with E-state index in [1.54, 1.807) is 23.7 Å². The fourth-order valence-electron chi connectivity index (χ4n) is 2.68. The minimum Gasteiger partial charge on any atom is -0.383 e. The number of thiazole rings is 1. The van der Waals surface area contributed by atoms with Crippen LogP contribution in [0.1, 0.15) is 4.88 Å². The highest BCUT2D eigenvalue weighted by molar-refractivity contribution is 7.17. The maximum absolute atomic E-state index is 6.40. The number of aromatic nitrogens is 3. The maximum Gasteiger partial charge on any atom is 0.196 e. The molecule has 0 amide bonds. The van der Waals surface area contributed by atoms with Crippen LogP contribution in [0.3, 0.4) is 0 Å². The smallest absolute Gasteiger partial charge is 0.196 e. The molecular weight excluding hydrogens is 292 g/mol. The minimum atomic E-state index is 0.659. The highest BCUT2D eigenvalue weighted by atomic mass is 32.1. The van der Waals surface area contributed by atoms with Gasteiger partial charge in [0.1, 0.15) is 11.5 Å². The SMILES string of the molecule is Cc1sc2nc(-c3cccnc3)c(N)n2c1-c1ccccc1. The fraction of sp³-hybridized carbons (Fsp3) is 0.0588. The molecule has 4 aromatic rings. The predicted molar refractivity (Wildman–Crippen MR) is 90.9 cm³/mol. The average molecular weight is 306 g/mol. The summed E-state index contributed by atoms with van der Waals surface area (Å²) in [6.45, 7) is 2.10. The quantitative estimate of drug-likeness (QED) is 0.608. The molecule has 5 heteroatoms. The van der Waals surface area contributed by atoms with Gasteiger partial charge < -0.3 is 5.73 Å². The first kappa shape index (κ1) is 13.0. The second-order valence-electron chi connectivity index (χ2n) is 5.08. The molecule has 0 radical (unpaired) electrons. The zero-order valence-corrected chi connectivity index (χ0v) is 12.8. The number of nitrogens with zero attached hydrogens (tertiary/aromatic N) is 3. The van der Waals surface area contributed by atoms with Crippen molar-refractivity contribution in [2.45, 2.75) is 6.92 Å². The Balaban J connectivity index is 2.00. The number of hydrogen-bond donors (Lipinski definition) is 1. The normalized spacial score (nSPS) is 11.1. The molecule has 0 aliphatic carbocycles. The Morgan fingerprint density at radius 2 is 1.82 bits per heavy atom. The van der Waals surface area contributed by atoms with Gasteiger partial charge in [-0.15, -0.1) is 11.3 Å². The van der Waals surface area contributed by atoms with Gasteiger partial charge in [0.15, 0.2) is 4.96 Å². The van der Waals surface area contributed by atoms with Crippen LogP contribution in [0.25, 0.3) is 27.5 Å². The molecule has 0 aliphatic rings. The van der Waals surface area contributed by atoms with E-state index in [1.165, 1.54) is 4.88 Å². The Labute approximate surface area is 131 Å². The van der Waals surface area contributed by atoms with Gasteiger partial charge in [-0.3, -0.25) is 9.38 Å². The molecular formula is C17H14N4S. The topological polar surface area (TPSA) is 56.2 Å². The largest absolute Gasteiger partial charge is 0.383 e. The summed E-state index contributed by atoms with van der Waals surface area (Å²) in [4.78, 5) is 11.0. The summed E-state index contributed by atoms with van der Waals surface area (Å²) in [6, 6.07) is 14.1. The van der Waals surface area contributed by atoms with Crippen molar-refractivity contribution in [2.75, 3.05) is 5.73 Å². The van der Waals surface area contributed by atoms with E-state index in [-0.39, 0.29) is 0 Å². The van der Waals surface area contributed by atoms with Crippen molar-refractivity contribution in [1.29, 1.82) is 0 Å². The van der Waals surface area contributed by atoms with Crippen molar-refractivity contribution in [2.24, 2.45) is 0 Å². The molecule has 108 valence electrons. The van der Waals surface area contributed by atoms with Crippen LogP contribution in [-0.4, -0.2) is 14.4 Å². The van der Waals surface area contributed by atoms with Crippen molar-refractivity contribution in [3.05, 3.63) is 59.7 Å². The fourth-order valence-corrected chi connectivity index (χ4v) is 3.68. The van der Waals surface area contributed by atoms with Crippen LogP contribution in [0.15, 0.2) is 54.9 Å². The van der Waals surface area contributed by atoms with Gasteiger partial charge in [-0.05, 0) is 24.6 Å². The van der Waals surface area contributed by atoms with E-state index in [1.807, 2.05) is 34.7 Å². The number of anilines is 1. The van der Waals surface area contributed by atoms with Gasteiger partial charge in [-0.25, -0.2) is 4.98 Å². The number of benzene rings is 1. The van der Waals surface area contributed by atoms with E-state index in [4.69, 9.17) is 10.7 Å². The van der Waals surface area contributed by atoms with E-state index in [0.29, 0.717) is 5.82 Å². The monoisotopic (exact) mass is 306 g/mol. The molecule has 0 spiro atoms. The summed E-state index contributed by atoms with van der Waals surface area (Å²) in [5, 5.41) is 0. The Hall–Kier alpha value is -2.66. The molecule has 3 aromatic heterocycles. The molecule has 4 nitrogen and oxygen atoms in total. The number of nitrogens with two attached hydrogens (primary N) is 1. The van der Waals surface area contributed by atoms with E-state index in [0.717, 1.165) is 27.5 Å². The molecule has 1 aromatic carbocycles. The molecule has 4 rings (SSSR count). The summed E-state index contributed by atoms with van der Waals surface area (Å²) in [7, 11) is 0. The van der Waals surface area contributed by atoms with Crippen LogP contribution in [0.5, 0.6) is 0 Å². The number of pyridine rings is 1. The lowest BCUT2D eigenvalue weighted by Crippen LogP contribution is -1.96. The summed E-state index contributed by atoms with van der Waals surface area (Å²) < 4.78 is 2.04. The first-order chi connectivity index (χ1) is 10.8. The standard InChI is InChI=1S/C17H14N4S/c1-11-15(12-6-3-2-4-7-12)21-16(18)14(20-17(21)22-11)13-8-5-9-19-10-13/h2-10H,18H2,1H3. The van der Waals surface area contributed by atoms with Crippen molar-refractivity contribution in [3.8, 4) is 22.5 Å². The third-order valence-corrected chi connectivity index (χ3v) is 4.62. The van der Waals surface area contributed by atoms with Gasteiger partial charge >= 0.3 is 0 Å². The second-order valence-corrected chi connectivity index (χ2v) is 6.26. The average Bonchev–Trinajstić information content (AvgIpc) is 3.05. The summed E-state index contributed by atoms with van der Waals surface area (Å²) in [5.74, 6) is 0.659. The lowest BCUT2D eigenvalue weighted by atomic mass is 10.1. The molecule has 0 saturated carbocycles. The van der Waals surface area contributed by atoms with Gasteiger partial charge in [0.2, 0.25) is 0 Å². The molecule has 0 saturated heterocycles.